The molecule has 0 bridgehead atoms. The summed E-state index contributed by atoms with van der Waals surface area (Å²) >= 11 is 0. The minimum absolute atomic E-state index is 0.246. The maximum absolute atomic E-state index is 9.56. The lowest BCUT2D eigenvalue weighted by molar-refractivity contribution is 0.157. The standard InChI is InChI=1S/C15H16N4O/c20-12-4-1-3-11(9-12)13-10-19-8-5-14(17-15(19)16-13)18-6-2-7-18/h1,3-5,8-10,14,20H,2,6-7H2,(H,16,17). The number of imidazole rings is 1. The third kappa shape index (κ3) is 1.87. The fourth-order valence-corrected chi connectivity index (χ4v) is 2.60. The lowest BCUT2D eigenvalue weighted by atomic mass is 10.1. The van der Waals surface area contributed by atoms with Gasteiger partial charge in [0, 0.05) is 31.0 Å². The Balaban J connectivity index is 1.64. The summed E-state index contributed by atoms with van der Waals surface area (Å²) in [5.74, 6) is 1.11. The van der Waals surface area contributed by atoms with Crippen molar-refractivity contribution in [3.8, 4) is 17.0 Å². The molecule has 1 atom stereocenters. The number of nitrogens with one attached hydrogen (secondary N) is 1. The number of hydrogen-bond donors (Lipinski definition) is 2. The summed E-state index contributed by atoms with van der Waals surface area (Å²) < 4.78 is 1.98. The van der Waals surface area contributed by atoms with E-state index in [9.17, 15) is 5.11 Å². The van der Waals surface area contributed by atoms with Crippen LogP contribution in [0.4, 0.5) is 5.95 Å². The number of fused-ring (bicyclic) bond motifs is 1. The summed E-state index contributed by atoms with van der Waals surface area (Å²) in [6, 6.07) is 7.17. The number of aromatic nitrogens is 2. The molecule has 1 aromatic heterocycles. The topological polar surface area (TPSA) is 53.3 Å². The van der Waals surface area contributed by atoms with E-state index >= 15 is 0 Å². The molecule has 0 amide bonds. The number of phenols is 1. The molecular formula is C15H16N4O. The van der Waals surface area contributed by atoms with Gasteiger partial charge in [-0.2, -0.15) is 0 Å². The highest BCUT2D eigenvalue weighted by Gasteiger charge is 2.25. The number of hydrogen-bond acceptors (Lipinski definition) is 4. The Bertz CT molecular complexity index is 672. The van der Waals surface area contributed by atoms with Crippen molar-refractivity contribution in [2.75, 3.05) is 18.4 Å². The third-order valence-corrected chi connectivity index (χ3v) is 3.86. The molecule has 2 N–H and O–H groups in total. The fourth-order valence-electron chi connectivity index (χ4n) is 2.60. The Kier molecular flexibility index (Phi) is 2.53. The van der Waals surface area contributed by atoms with Gasteiger partial charge in [0.25, 0.3) is 0 Å². The van der Waals surface area contributed by atoms with Gasteiger partial charge in [0.1, 0.15) is 11.9 Å². The molecule has 20 heavy (non-hydrogen) atoms. The van der Waals surface area contributed by atoms with Gasteiger partial charge >= 0.3 is 0 Å². The van der Waals surface area contributed by atoms with Crippen molar-refractivity contribution in [3.63, 3.8) is 0 Å². The second-order valence-electron chi connectivity index (χ2n) is 5.23. The van der Waals surface area contributed by atoms with Crippen LogP contribution in [0, 0.1) is 0 Å². The molecule has 1 aromatic carbocycles. The van der Waals surface area contributed by atoms with Crippen LogP contribution in [0.5, 0.6) is 5.75 Å². The van der Waals surface area contributed by atoms with Crippen molar-refractivity contribution in [2.24, 2.45) is 0 Å². The quantitative estimate of drug-likeness (QED) is 0.876. The molecule has 5 nitrogen and oxygen atoms in total. The Labute approximate surface area is 117 Å². The Morgan fingerprint density at radius 2 is 2.20 bits per heavy atom. The van der Waals surface area contributed by atoms with E-state index in [0.717, 1.165) is 30.3 Å². The van der Waals surface area contributed by atoms with Crippen molar-refractivity contribution >= 4 is 12.1 Å². The first-order chi connectivity index (χ1) is 9.79. The largest absolute Gasteiger partial charge is 0.508 e. The van der Waals surface area contributed by atoms with E-state index in [2.05, 4.69) is 21.3 Å². The Hall–Kier alpha value is -2.27. The van der Waals surface area contributed by atoms with Crippen LogP contribution in [-0.2, 0) is 0 Å². The monoisotopic (exact) mass is 268 g/mol. The summed E-state index contributed by atoms with van der Waals surface area (Å²) in [4.78, 5) is 6.99. The normalized spacial score (nSPS) is 21.1. The summed E-state index contributed by atoms with van der Waals surface area (Å²) in [5, 5.41) is 13.0. The van der Waals surface area contributed by atoms with Crippen molar-refractivity contribution in [3.05, 3.63) is 36.5 Å². The summed E-state index contributed by atoms with van der Waals surface area (Å²) in [7, 11) is 0. The smallest absolute Gasteiger partial charge is 0.209 e. The molecule has 4 rings (SSSR count). The SMILES string of the molecule is Oc1cccc(-c2cn3c(n2)NC(N2CCC2)C=C3)c1. The van der Waals surface area contributed by atoms with E-state index in [1.54, 1.807) is 12.1 Å². The maximum atomic E-state index is 9.56. The van der Waals surface area contributed by atoms with Crippen LogP contribution in [0.2, 0.25) is 0 Å². The average molecular weight is 268 g/mol. The highest BCUT2D eigenvalue weighted by Crippen LogP contribution is 2.27. The van der Waals surface area contributed by atoms with Crippen molar-refractivity contribution in [1.82, 2.24) is 14.5 Å². The molecule has 1 saturated heterocycles. The van der Waals surface area contributed by atoms with Crippen LogP contribution in [0.25, 0.3) is 17.5 Å². The first kappa shape index (κ1) is 11.5. The zero-order chi connectivity index (χ0) is 13.5. The van der Waals surface area contributed by atoms with Gasteiger partial charge in [-0.1, -0.05) is 12.1 Å². The predicted octanol–water partition coefficient (Wildman–Crippen LogP) is 2.18. The third-order valence-electron chi connectivity index (χ3n) is 3.86. The van der Waals surface area contributed by atoms with Gasteiger partial charge in [-0.05, 0) is 24.6 Å². The number of nitrogens with zero attached hydrogens (tertiary/aromatic N) is 3. The summed E-state index contributed by atoms with van der Waals surface area (Å²) in [5.41, 5.74) is 1.78. The van der Waals surface area contributed by atoms with E-state index < -0.39 is 0 Å². The van der Waals surface area contributed by atoms with Gasteiger partial charge in [0.2, 0.25) is 5.95 Å². The summed E-state index contributed by atoms with van der Waals surface area (Å²) in [6.07, 6.45) is 7.69. The second-order valence-corrected chi connectivity index (χ2v) is 5.23. The van der Waals surface area contributed by atoms with Gasteiger partial charge in [-0.25, -0.2) is 4.98 Å². The van der Waals surface area contributed by atoms with Gasteiger partial charge in [-0.3, -0.25) is 9.47 Å². The molecule has 0 saturated carbocycles. The number of rotatable bonds is 2. The highest BCUT2D eigenvalue weighted by molar-refractivity contribution is 5.65. The maximum Gasteiger partial charge on any atom is 0.209 e. The van der Waals surface area contributed by atoms with Crippen LogP contribution >= 0.6 is 0 Å². The van der Waals surface area contributed by atoms with E-state index in [4.69, 9.17) is 0 Å². The van der Waals surface area contributed by atoms with Gasteiger partial charge in [-0.15, -0.1) is 0 Å². The molecule has 2 aromatic rings. The second kappa shape index (κ2) is 4.38. The molecule has 1 unspecified atom stereocenters. The number of aromatic hydroxyl groups is 1. The van der Waals surface area contributed by atoms with Gasteiger partial charge < -0.3 is 10.4 Å². The molecule has 102 valence electrons. The molecular weight excluding hydrogens is 252 g/mol. The number of benzene rings is 1. The molecule has 2 aliphatic rings. The predicted molar refractivity (Wildman–Crippen MR) is 78.3 cm³/mol. The van der Waals surface area contributed by atoms with Crippen LogP contribution in [-0.4, -0.2) is 38.8 Å². The van der Waals surface area contributed by atoms with E-state index in [0.29, 0.717) is 0 Å². The number of phenolic OH excluding ortho intramolecular Hbond substituents is 1. The van der Waals surface area contributed by atoms with E-state index in [1.807, 2.05) is 29.1 Å². The first-order valence-electron chi connectivity index (χ1n) is 6.87. The molecule has 5 heteroatoms. The van der Waals surface area contributed by atoms with E-state index in [-0.39, 0.29) is 11.9 Å². The molecule has 0 spiro atoms. The Morgan fingerprint density at radius 1 is 1.30 bits per heavy atom. The van der Waals surface area contributed by atoms with Crippen LogP contribution in [0.3, 0.4) is 0 Å². The van der Waals surface area contributed by atoms with Crippen molar-refractivity contribution in [1.29, 1.82) is 0 Å². The van der Waals surface area contributed by atoms with Crippen molar-refractivity contribution < 1.29 is 5.11 Å². The highest BCUT2D eigenvalue weighted by atomic mass is 16.3. The molecule has 2 aliphatic heterocycles. The van der Waals surface area contributed by atoms with Gasteiger partial charge in [0.15, 0.2) is 0 Å². The molecule has 3 heterocycles. The number of anilines is 1. The Morgan fingerprint density at radius 3 is 2.95 bits per heavy atom. The molecule has 1 fully saturated rings. The minimum atomic E-state index is 0.246. The van der Waals surface area contributed by atoms with Crippen molar-refractivity contribution in [2.45, 2.75) is 12.6 Å². The molecule has 0 radical (unpaired) electrons. The average Bonchev–Trinajstić information content (AvgIpc) is 2.80. The number of likely N-dealkylation sites (tertiary alicyclic amines) is 1. The lowest BCUT2D eigenvalue weighted by Crippen LogP contribution is -2.49. The zero-order valence-corrected chi connectivity index (χ0v) is 11.0. The fraction of sp³-hybridized carbons (Fsp3) is 0.267. The molecule has 0 aliphatic carbocycles. The minimum Gasteiger partial charge on any atom is -0.508 e. The zero-order valence-electron chi connectivity index (χ0n) is 11.0. The summed E-state index contributed by atoms with van der Waals surface area (Å²) in [6.45, 7) is 2.28. The lowest BCUT2D eigenvalue weighted by Gasteiger charge is -2.38. The van der Waals surface area contributed by atoms with Crippen LogP contribution < -0.4 is 5.32 Å². The van der Waals surface area contributed by atoms with E-state index in [1.165, 1.54) is 6.42 Å². The van der Waals surface area contributed by atoms with Gasteiger partial charge in [0.05, 0.1) is 5.69 Å². The first-order valence-corrected chi connectivity index (χ1v) is 6.87. The van der Waals surface area contributed by atoms with Crippen LogP contribution in [0.15, 0.2) is 36.5 Å². The van der Waals surface area contributed by atoms with Crippen LogP contribution in [0.1, 0.15) is 6.42 Å².